The van der Waals surface area contributed by atoms with E-state index in [9.17, 15) is 14.4 Å². The number of likely N-dealkylation sites (tertiary alicyclic amines) is 1. The van der Waals surface area contributed by atoms with Gasteiger partial charge in [-0.05, 0) is 12.8 Å². The van der Waals surface area contributed by atoms with Gasteiger partial charge in [0.15, 0.2) is 0 Å². The summed E-state index contributed by atoms with van der Waals surface area (Å²) in [5.41, 5.74) is 0. The molecule has 0 aliphatic carbocycles. The molecule has 0 spiro atoms. The molecule has 0 aromatic heterocycles. The summed E-state index contributed by atoms with van der Waals surface area (Å²) >= 11 is 0. The molecule has 1 rings (SSSR count). The second kappa shape index (κ2) is 8.46. The molecule has 0 radical (unpaired) electrons. The fourth-order valence-corrected chi connectivity index (χ4v) is 2.10. The Morgan fingerprint density at radius 1 is 1.29 bits per heavy atom. The molecule has 1 aliphatic heterocycles. The van der Waals surface area contributed by atoms with Crippen molar-refractivity contribution in [1.29, 1.82) is 0 Å². The summed E-state index contributed by atoms with van der Waals surface area (Å²) in [6.45, 7) is 1.04. The Kier molecular flexibility index (Phi) is 6.93. The minimum absolute atomic E-state index is 0.120. The Bertz CT molecular complexity index is 379. The van der Waals surface area contributed by atoms with Gasteiger partial charge in [-0.1, -0.05) is 0 Å². The van der Waals surface area contributed by atoms with E-state index in [0.717, 1.165) is 0 Å². The molecular formula is C13H22N2O6. The van der Waals surface area contributed by atoms with Crippen LogP contribution in [0.5, 0.6) is 0 Å². The number of hydrogen-bond acceptors (Lipinski definition) is 5. The van der Waals surface area contributed by atoms with E-state index in [0.29, 0.717) is 32.5 Å². The van der Waals surface area contributed by atoms with Gasteiger partial charge in [0.05, 0.1) is 19.6 Å². The molecule has 0 saturated carbocycles. The number of urea groups is 1. The van der Waals surface area contributed by atoms with E-state index in [1.807, 2.05) is 0 Å². The third-order valence-electron chi connectivity index (χ3n) is 3.36. The highest BCUT2D eigenvalue weighted by atomic mass is 16.5. The Hall–Kier alpha value is -1.83. The molecular weight excluding hydrogens is 280 g/mol. The number of carboxylic acid groups (broad SMARTS) is 1. The van der Waals surface area contributed by atoms with Crippen molar-refractivity contribution in [2.45, 2.75) is 25.4 Å². The molecule has 120 valence electrons. The first-order chi connectivity index (χ1) is 9.93. The maximum Gasteiger partial charge on any atom is 0.329 e. The molecule has 0 unspecified atom stereocenters. The lowest BCUT2D eigenvalue weighted by molar-refractivity contribution is -0.145. The molecule has 1 N–H and O–H groups in total. The molecule has 1 saturated heterocycles. The Morgan fingerprint density at radius 2 is 1.90 bits per heavy atom. The van der Waals surface area contributed by atoms with E-state index in [1.165, 1.54) is 12.0 Å². The third-order valence-corrected chi connectivity index (χ3v) is 3.36. The van der Waals surface area contributed by atoms with E-state index in [1.54, 1.807) is 11.9 Å². The summed E-state index contributed by atoms with van der Waals surface area (Å²) < 4.78 is 9.75. The summed E-state index contributed by atoms with van der Waals surface area (Å²) in [4.78, 5) is 36.8. The van der Waals surface area contributed by atoms with Crippen LogP contribution in [-0.2, 0) is 19.1 Å². The van der Waals surface area contributed by atoms with Crippen LogP contribution in [0.15, 0.2) is 0 Å². The molecule has 0 bridgehead atoms. The highest BCUT2D eigenvalue weighted by molar-refractivity contribution is 5.75. The molecule has 0 atom stereocenters. The van der Waals surface area contributed by atoms with Gasteiger partial charge < -0.3 is 24.4 Å². The summed E-state index contributed by atoms with van der Waals surface area (Å²) in [6, 6.07) is -0.143. The van der Waals surface area contributed by atoms with Gasteiger partial charge >= 0.3 is 18.0 Å². The molecule has 1 fully saturated rings. The van der Waals surface area contributed by atoms with Crippen molar-refractivity contribution in [3.63, 3.8) is 0 Å². The van der Waals surface area contributed by atoms with Crippen LogP contribution in [0.25, 0.3) is 0 Å². The number of amides is 2. The maximum atomic E-state index is 12.1. The van der Waals surface area contributed by atoms with E-state index in [4.69, 9.17) is 9.84 Å². The van der Waals surface area contributed by atoms with Gasteiger partial charge in [-0.15, -0.1) is 0 Å². The van der Waals surface area contributed by atoms with Crippen molar-refractivity contribution in [3.05, 3.63) is 0 Å². The summed E-state index contributed by atoms with van der Waals surface area (Å²) in [6.07, 6.45) is 1.27. The predicted molar refractivity (Wildman–Crippen MR) is 72.8 cm³/mol. The molecule has 8 nitrogen and oxygen atoms in total. The normalized spacial score (nSPS) is 15.6. The summed E-state index contributed by atoms with van der Waals surface area (Å²) in [7, 11) is 2.95. The largest absolute Gasteiger partial charge is 0.480 e. The quantitative estimate of drug-likeness (QED) is 0.702. The Morgan fingerprint density at radius 3 is 2.43 bits per heavy atom. The second-order valence-electron chi connectivity index (χ2n) is 4.92. The minimum Gasteiger partial charge on any atom is -0.480 e. The van der Waals surface area contributed by atoms with Crippen LogP contribution in [0.2, 0.25) is 0 Å². The Labute approximate surface area is 123 Å². The number of carbonyl (C=O) groups is 3. The standard InChI is InChI=1S/C13H22N2O6/c1-14(6-5-12(18)20-2)13(19)15-7-3-10(4-8-15)21-9-11(16)17/h10H,3-9H2,1-2H3,(H,16,17). The number of hydrogen-bond donors (Lipinski definition) is 1. The first-order valence-electron chi connectivity index (χ1n) is 6.84. The zero-order chi connectivity index (χ0) is 15.8. The number of carboxylic acids is 1. The maximum absolute atomic E-state index is 12.1. The van der Waals surface area contributed by atoms with Crippen LogP contribution in [0.3, 0.4) is 0 Å². The van der Waals surface area contributed by atoms with Crippen LogP contribution in [-0.4, -0.2) is 79.4 Å². The SMILES string of the molecule is COC(=O)CCN(C)C(=O)N1CCC(OCC(=O)O)CC1. The predicted octanol–water partition coefficient (Wildman–Crippen LogP) is 0.167. The second-order valence-corrected chi connectivity index (χ2v) is 4.92. The number of ether oxygens (including phenoxy) is 2. The fraction of sp³-hybridized carbons (Fsp3) is 0.769. The van der Waals surface area contributed by atoms with Crippen molar-refractivity contribution >= 4 is 18.0 Å². The highest BCUT2D eigenvalue weighted by Crippen LogP contribution is 2.15. The molecule has 2 amide bonds. The van der Waals surface area contributed by atoms with Gasteiger partial charge in [0.25, 0.3) is 0 Å². The van der Waals surface area contributed by atoms with Crippen LogP contribution < -0.4 is 0 Å². The highest BCUT2D eigenvalue weighted by Gasteiger charge is 2.25. The molecule has 1 aliphatic rings. The molecule has 1 heterocycles. The number of aliphatic carboxylic acids is 1. The molecule has 0 aromatic rings. The topological polar surface area (TPSA) is 96.4 Å². The van der Waals surface area contributed by atoms with Gasteiger partial charge in [0.1, 0.15) is 6.61 Å². The van der Waals surface area contributed by atoms with Crippen LogP contribution in [0, 0.1) is 0 Å². The number of nitrogens with zero attached hydrogens (tertiary/aromatic N) is 2. The minimum atomic E-state index is -0.990. The zero-order valence-corrected chi connectivity index (χ0v) is 12.4. The van der Waals surface area contributed by atoms with Gasteiger partial charge in [0.2, 0.25) is 0 Å². The van der Waals surface area contributed by atoms with E-state index >= 15 is 0 Å². The number of piperidine rings is 1. The van der Waals surface area contributed by atoms with Gasteiger partial charge in [0, 0.05) is 26.7 Å². The van der Waals surface area contributed by atoms with Gasteiger partial charge in [-0.25, -0.2) is 9.59 Å². The summed E-state index contributed by atoms with van der Waals surface area (Å²) in [5, 5.41) is 8.55. The molecule has 8 heteroatoms. The van der Waals surface area contributed by atoms with Crippen molar-refractivity contribution in [2.75, 3.05) is 40.4 Å². The van der Waals surface area contributed by atoms with Crippen LogP contribution >= 0.6 is 0 Å². The van der Waals surface area contributed by atoms with Crippen molar-refractivity contribution < 1.29 is 29.0 Å². The lowest BCUT2D eigenvalue weighted by Gasteiger charge is -2.34. The first kappa shape index (κ1) is 17.2. The number of esters is 1. The van der Waals surface area contributed by atoms with E-state index < -0.39 is 5.97 Å². The van der Waals surface area contributed by atoms with Crippen molar-refractivity contribution in [1.82, 2.24) is 9.80 Å². The third kappa shape index (κ3) is 5.99. The van der Waals surface area contributed by atoms with Crippen LogP contribution in [0.4, 0.5) is 4.79 Å². The van der Waals surface area contributed by atoms with E-state index in [2.05, 4.69) is 4.74 Å². The lowest BCUT2D eigenvalue weighted by atomic mass is 10.1. The smallest absolute Gasteiger partial charge is 0.329 e. The monoisotopic (exact) mass is 302 g/mol. The number of carbonyl (C=O) groups excluding carboxylic acids is 2. The summed E-state index contributed by atoms with van der Waals surface area (Å²) in [5.74, 6) is -1.34. The van der Waals surface area contributed by atoms with E-state index in [-0.39, 0.29) is 31.1 Å². The average Bonchev–Trinajstić information content (AvgIpc) is 2.49. The average molecular weight is 302 g/mol. The molecule has 0 aromatic carbocycles. The Balaban J connectivity index is 2.30. The van der Waals surface area contributed by atoms with Crippen molar-refractivity contribution in [2.24, 2.45) is 0 Å². The molecule has 21 heavy (non-hydrogen) atoms. The van der Waals surface area contributed by atoms with Crippen LogP contribution in [0.1, 0.15) is 19.3 Å². The number of methoxy groups -OCH3 is 1. The first-order valence-corrected chi connectivity index (χ1v) is 6.84. The van der Waals surface area contributed by atoms with Crippen molar-refractivity contribution in [3.8, 4) is 0 Å². The zero-order valence-electron chi connectivity index (χ0n) is 12.4. The van der Waals surface area contributed by atoms with Gasteiger partial charge in [-0.3, -0.25) is 4.79 Å². The fourth-order valence-electron chi connectivity index (χ4n) is 2.10. The number of rotatable bonds is 6. The van der Waals surface area contributed by atoms with Gasteiger partial charge in [-0.2, -0.15) is 0 Å². The lowest BCUT2D eigenvalue weighted by Crippen LogP contribution is -2.47.